The molecule has 0 saturated carbocycles. The number of aryl methyl sites for hydroxylation is 1. The number of para-hydroxylation sites is 1. The number of nitrogens with zero attached hydrogens (tertiary/aromatic N) is 2. The molecule has 3 rings (SSSR count). The van der Waals surface area contributed by atoms with Crippen LogP contribution in [-0.4, -0.2) is 18.2 Å². The van der Waals surface area contributed by atoms with Crippen LogP contribution in [0.25, 0.3) is 5.69 Å². The summed E-state index contributed by atoms with van der Waals surface area (Å²) in [6, 6.07) is 15.2. The van der Waals surface area contributed by atoms with Gasteiger partial charge in [0.05, 0.1) is 16.4 Å². The minimum atomic E-state index is -3.99. The summed E-state index contributed by atoms with van der Waals surface area (Å²) in [5.74, 6) is 0.200. The smallest absolute Gasteiger partial charge is 0.340 e. The highest BCUT2D eigenvalue weighted by Gasteiger charge is 2.22. The second-order valence-electron chi connectivity index (χ2n) is 6.28. The van der Waals surface area contributed by atoms with Gasteiger partial charge < -0.3 is 4.18 Å². The predicted octanol–water partition coefficient (Wildman–Crippen LogP) is 4.73. The van der Waals surface area contributed by atoms with Crippen LogP contribution < -0.4 is 4.18 Å². The van der Waals surface area contributed by atoms with Gasteiger partial charge in [0.1, 0.15) is 4.90 Å². The summed E-state index contributed by atoms with van der Waals surface area (Å²) in [5.41, 5.74) is 2.22. The molecule has 0 N–H and O–H groups in total. The molecule has 0 unspecified atom stereocenters. The van der Waals surface area contributed by atoms with Crippen molar-refractivity contribution in [2.45, 2.75) is 31.6 Å². The molecule has 0 aliphatic heterocycles. The SMILES string of the molecule is Cc1ccc(S(=O)(=O)Oc2cc(C(C)C)nn2-c2ccccc2Cl)cc1. The van der Waals surface area contributed by atoms with Gasteiger partial charge in [-0.15, -0.1) is 0 Å². The first-order valence-corrected chi connectivity index (χ1v) is 9.92. The Hall–Kier alpha value is -2.31. The first-order chi connectivity index (χ1) is 12.3. The van der Waals surface area contributed by atoms with Gasteiger partial charge in [-0.3, -0.25) is 0 Å². The lowest BCUT2D eigenvalue weighted by Gasteiger charge is -2.10. The van der Waals surface area contributed by atoms with E-state index in [1.807, 2.05) is 20.8 Å². The number of halogens is 1. The Morgan fingerprint density at radius 2 is 1.73 bits per heavy atom. The van der Waals surface area contributed by atoms with Crippen molar-refractivity contribution in [2.75, 3.05) is 0 Å². The molecule has 26 heavy (non-hydrogen) atoms. The minimum Gasteiger partial charge on any atom is -0.358 e. The third-order valence-electron chi connectivity index (χ3n) is 3.87. The van der Waals surface area contributed by atoms with Gasteiger partial charge in [0, 0.05) is 6.07 Å². The van der Waals surface area contributed by atoms with Crippen molar-refractivity contribution in [3.63, 3.8) is 0 Å². The summed E-state index contributed by atoms with van der Waals surface area (Å²) in [7, 11) is -3.99. The van der Waals surface area contributed by atoms with Crippen LogP contribution in [0.2, 0.25) is 5.02 Å². The summed E-state index contributed by atoms with van der Waals surface area (Å²) in [4.78, 5) is 0.0844. The van der Waals surface area contributed by atoms with E-state index < -0.39 is 10.1 Å². The molecule has 0 radical (unpaired) electrons. The number of aromatic nitrogens is 2. The zero-order chi connectivity index (χ0) is 18.9. The van der Waals surface area contributed by atoms with Crippen molar-refractivity contribution < 1.29 is 12.6 Å². The van der Waals surface area contributed by atoms with Crippen LogP contribution in [0.1, 0.15) is 31.0 Å². The molecule has 0 atom stereocenters. The van der Waals surface area contributed by atoms with Gasteiger partial charge in [0.2, 0.25) is 5.88 Å². The Morgan fingerprint density at radius 3 is 2.35 bits per heavy atom. The molecule has 0 aliphatic carbocycles. The lowest BCUT2D eigenvalue weighted by Crippen LogP contribution is -2.12. The highest BCUT2D eigenvalue weighted by molar-refractivity contribution is 7.87. The Kier molecular flexibility index (Phi) is 5.07. The average Bonchev–Trinajstić information content (AvgIpc) is 2.99. The maximum atomic E-state index is 12.7. The molecule has 136 valence electrons. The molecule has 0 spiro atoms. The molecule has 2 aromatic carbocycles. The third kappa shape index (κ3) is 3.76. The van der Waals surface area contributed by atoms with Gasteiger partial charge in [-0.25, -0.2) is 0 Å². The van der Waals surface area contributed by atoms with Gasteiger partial charge in [-0.05, 0) is 37.1 Å². The highest BCUT2D eigenvalue weighted by Crippen LogP contribution is 2.29. The van der Waals surface area contributed by atoms with E-state index >= 15 is 0 Å². The van der Waals surface area contributed by atoms with Crippen LogP contribution in [0.5, 0.6) is 5.88 Å². The van der Waals surface area contributed by atoms with Crippen molar-refractivity contribution in [2.24, 2.45) is 0 Å². The largest absolute Gasteiger partial charge is 0.358 e. The fourth-order valence-corrected chi connectivity index (χ4v) is 3.51. The molecule has 0 amide bonds. The third-order valence-corrected chi connectivity index (χ3v) is 5.43. The molecule has 0 aliphatic rings. The molecule has 1 heterocycles. The number of hydrogen-bond acceptors (Lipinski definition) is 4. The highest BCUT2D eigenvalue weighted by atomic mass is 35.5. The number of rotatable bonds is 5. The topological polar surface area (TPSA) is 61.2 Å². The van der Waals surface area contributed by atoms with Crippen LogP contribution in [-0.2, 0) is 10.1 Å². The standard InChI is InChI=1S/C19H19ClN2O3S/c1-13(2)17-12-19(22(21-17)18-7-5-4-6-16(18)20)25-26(23,24)15-10-8-14(3)9-11-15/h4-13H,1-3H3. The number of hydrogen-bond donors (Lipinski definition) is 0. The quantitative estimate of drug-likeness (QED) is 0.591. The van der Waals surface area contributed by atoms with E-state index in [-0.39, 0.29) is 16.7 Å². The Morgan fingerprint density at radius 1 is 1.08 bits per heavy atom. The Labute approximate surface area is 158 Å². The molecule has 0 fully saturated rings. The molecular weight excluding hydrogens is 372 g/mol. The lowest BCUT2D eigenvalue weighted by molar-refractivity contribution is 0.465. The fourth-order valence-electron chi connectivity index (χ4n) is 2.38. The summed E-state index contributed by atoms with van der Waals surface area (Å²) in [5, 5.41) is 4.92. The van der Waals surface area contributed by atoms with E-state index in [1.54, 1.807) is 42.5 Å². The molecule has 1 aromatic heterocycles. The van der Waals surface area contributed by atoms with Crippen molar-refractivity contribution in [1.29, 1.82) is 0 Å². The van der Waals surface area contributed by atoms with E-state index in [0.717, 1.165) is 5.56 Å². The van der Waals surface area contributed by atoms with Crippen molar-refractivity contribution >= 4 is 21.7 Å². The van der Waals surface area contributed by atoms with Crippen LogP contribution in [0, 0.1) is 6.92 Å². The maximum absolute atomic E-state index is 12.7. The van der Waals surface area contributed by atoms with E-state index in [4.69, 9.17) is 15.8 Å². The van der Waals surface area contributed by atoms with Crippen molar-refractivity contribution in [3.8, 4) is 11.6 Å². The zero-order valence-corrected chi connectivity index (χ0v) is 16.3. The first-order valence-electron chi connectivity index (χ1n) is 8.14. The van der Waals surface area contributed by atoms with Crippen LogP contribution >= 0.6 is 11.6 Å². The van der Waals surface area contributed by atoms with Crippen LogP contribution in [0.4, 0.5) is 0 Å². The van der Waals surface area contributed by atoms with Crippen molar-refractivity contribution in [3.05, 3.63) is 70.9 Å². The maximum Gasteiger partial charge on any atom is 0.340 e. The van der Waals surface area contributed by atoms with E-state index in [2.05, 4.69) is 5.10 Å². The van der Waals surface area contributed by atoms with E-state index in [9.17, 15) is 8.42 Å². The molecule has 0 saturated heterocycles. The monoisotopic (exact) mass is 390 g/mol. The van der Waals surface area contributed by atoms with Gasteiger partial charge in [0.25, 0.3) is 0 Å². The summed E-state index contributed by atoms with van der Waals surface area (Å²) >= 11 is 6.26. The van der Waals surface area contributed by atoms with Gasteiger partial charge in [0.15, 0.2) is 0 Å². The molecular formula is C19H19ClN2O3S. The molecule has 7 heteroatoms. The van der Waals surface area contributed by atoms with Gasteiger partial charge in [-0.2, -0.15) is 18.2 Å². The second-order valence-corrected chi connectivity index (χ2v) is 8.23. The van der Waals surface area contributed by atoms with Crippen LogP contribution in [0.15, 0.2) is 59.5 Å². The zero-order valence-electron chi connectivity index (χ0n) is 14.7. The summed E-state index contributed by atoms with van der Waals surface area (Å²) in [6.07, 6.45) is 0. The van der Waals surface area contributed by atoms with Gasteiger partial charge in [-0.1, -0.05) is 55.3 Å². The molecule has 5 nitrogen and oxygen atoms in total. The summed E-state index contributed by atoms with van der Waals surface area (Å²) in [6.45, 7) is 5.83. The van der Waals surface area contributed by atoms with Crippen LogP contribution in [0.3, 0.4) is 0 Å². The minimum absolute atomic E-state index is 0.0844. The lowest BCUT2D eigenvalue weighted by atomic mass is 10.1. The average molecular weight is 391 g/mol. The number of benzene rings is 2. The Balaban J connectivity index is 2.07. The normalized spacial score (nSPS) is 11.7. The molecule has 3 aromatic rings. The first kappa shape index (κ1) is 18.5. The predicted molar refractivity (Wildman–Crippen MR) is 102 cm³/mol. The summed E-state index contributed by atoms with van der Waals surface area (Å²) < 4.78 is 32.2. The fraction of sp³-hybridized carbons (Fsp3) is 0.211. The Bertz CT molecular complexity index is 1030. The van der Waals surface area contributed by atoms with Crippen molar-refractivity contribution in [1.82, 2.24) is 9.78 Å². The van der Waals surface area contributed by atoms with Gasteiger partial charge >= 0.3 is 10.1 Å². The van der Waals surface area contributed by atoms with E-state index in [0.29, 0.717) is 16.4 Å². The van der Waals surface area contributed by atoms with E-state index in [1.165, 1.54) is 16.8 Å². The molecule has 0 bridgehead atoms. The second kappa shape index (κ2) is 7.13.